The monoisotopic (exact) mass is 379 g/mol. The molecule has 0 aromatic heterocycles. The first kappa shape index (κ1) is 17.2. The number of rotatable bonds is 4. The Kier molecular flexibility index (Phi) is 4.64. The largest absolute Gasteiger partial charge is 0.381 e. The molecule has 0 unspecified atom stereocenters. The van der Waals surface area contributed by atoms with E-state index in [1.54, 1.807) is 0 Å². The van der Waals surface area contributed by atoms with E-state index in [1.807, 2.05) is 11.8 Å². The third-order valence-corrected chi connectivity index (χ3v) is 6.45. The SMILES string of the molecule is c1ccc(CNc2ccc(C3c4ccccc4Sc4ccccc43)cc2)cc1. The van der Waals surface area contributed by atoms with Crippen molar-refractivity contribution in [1.82, 2.24) is 0 Å². The van der Waals surface area contributed by atoms with Crippen molar-refractivity contribution in [2.75, 3.05) is 5.32 Å². The van der Waals surface area contributed by atoms with Gasteiger partial charge in [0.1, 0.15) is 0 Å². The molecule has 0 fully saturated rings. The highest BCUT2D eigenvalue weighted by atomic mass is 32.2. The number of nitrogens with one attached hydrogen (secondary N) is 1. The lowest BCUT2D eigenvalue weighted by Crippen LogP contribution is -2.10. The van der Waals surface area contributed by atoms with Gasteiger partial charge in [0, 0.05) is 27.9 Å². The minimum atomic E-state index is 0.289. The van der Waals surface area contributed by atoms with Gasteiger partial charge in [0.2, 0.25) is 0 Å². The Morgan fingerprint density at radius 2 is 1.18 bits per heavy atom. The molecular formula is C26H21NS. The van der Waals surface area contributed by atoms with Crippen molar-refractivity contribution in [3.05, 3.63) is 125 Å². The van der Waals surface area contributed by atoms with Gasteiger partial charge >= 0.3 is 0 Å². The summed E-state index contributed by atoms with van der Waals surface area (Å²) in [6, 6.07) is 37.0. The molecule has 0 spiro atoms. The van der Waals surface area contributed by atoms with Crippen LogP contribution in [0.1, 0.15) is 28.2 Å². The Morgan fingerprint density at radius 1 is 0.607 bits per heavy atom. The van der Waals surface area contributed by atoms with Crippen molar-refractivity contribution >= 4 is 17.4 Å². The van der Waals surface area contributed by atoms with E-state index in [4.69, 9.17) is 0 Å². The molecule has 0 saturated carbocycles. The van der Waals surface area contributed by atoms with Gasteiger partial charge in [-0.2, -0.15) is 0 Å². The summed E-state index contributed by atoms with van der Waals surface area (Å²) in [5.41, 5.74) is 6.58. The molecule has 1 N–H and O–H groups in total. The second kappa shape index (κ2) is 7.57. The lowest BCUT2D eigenvalue weighted by atomic mass is 9.84. The van der Waals surface area contributed by atoms with E-state index in [9.17, 15) is 0 Å². The summed E-state index contributed by atoms with van der Waals surface area (Å²) in [4.78, 5) is 2.72. The molecule has 0 radical (unpaired) electrons. The molecule has 0 amide bonds. The van der Waals surface area contributed by atoms with Crippen LogP contribution in [0.2, 0.25) is 0 Å². The first-order valence-corrected chi connectivity index (χ1v) is 10.4. The zero-order chi connectivity index (χ0) is 18.8. The van der Waals surface area contributed by atoms with Crippen molar-refractivity contribution in [3.63, 3.8) is 0 Å². The van der Waals surface area contributed by atoms with Crippen LogP contribution in [0.3, 0.4) is 0 Å². The zero-order valence-electron chi connectivity index (χ0n) is 15.5. The summed E-state index contributed by atoms with van der Waals surface area (Å²) < 4.78 is 0. The summed E-state index contributed by atoms with van der Waals surface area (Å²) in [7, 11) is 0. The predicted molar refractivity (Wildman–Crippen MR) is 118 cm³/mol. The van der Waals surface area contributed by atoms with Crippen molar-refractivity contribution in [1.29, 1.82) is 0 Å². The van der Waals surface area contributed by atoms with Crippen molar-refractivity contribution < 1.29 is 0 Å². The molecular weight excluding hydrogens is 358 g/mol. The molecule has 0 bridgehead atoms. The van der Waals surface area contributed by atoms with Crippen LogP contribution < -0.4 is 5.32 Å². The van der Waals surface area contributed by atoms with Crippen LogP contribution in [0.25, 0.3) is 0 Å². The molecule has 4 aromatic carbocycles. The normalized spacial score (nSPS) is 12.9. The Morgan fingerprint density at radius 3 is 1.82 bits per heavy atom. The zero-order valence-corrected chi connectivity index (χ0v) is 16.3. The molecule has 28 heavy (non-hydrogen) atoms. The van der Waals surface area contributed by atoms with Gasteiger partial charge in [-0.1, -0.05) is 90.6 Å². The Balaban J connectivity index is 1.45. The van der Waals surface area contributed by atoms with Crippen LogP contribution in [-0.4, -0.2) is 0 Å². The average Bonchev–Trinajstić information content (AvgIpc) is 2.77. The van der Waals surface area contributed by atoms with E-state index in [0.29, 0.717) is 0 Å². The van der Waals surface area contributed by atoms with Crippen LogP contribution in [0.4, 0.5) is 5.69 Å². The highest BCUT2D eigenvalue weighted by Crippen LogP contribution is 2.48. The van der Waals surface area contributed by atoms with Gasteiger partial charge in [0.25, 0.3) is 0 Å². The Hall–Kier alpha value is -2.97. The van der Waals surface area contributed by atoms with E-state index in [2.05, 4.69) is 108 Å². The number of hydrogen-bond acceptors (Lipinski definition) is 2. The van der Waals surface area contributed by atoms with Crippen molar-refractivity contribution in [2.24, 2.45) is 0 Å². The summed E-state index contributed by atoms with van der Waals surface area (Å²) >= 11 is 1.88. The standard InChI is InChI=1S/C26H21NS/c1-2-8-19(9-3-1)18-27-21-16-14-20(15-17-21)26-22-10-4-6-12-24(22)28-25-13-7-5-11-23(25)26/h1-17,26-27H,18H2. The Labute approximate surface area is 170 Å². The molecule has 0 saturated heterocycles. The summed E-state index contributed by atoms with van der Waals surface area (Å²) in [5, 5.41) is 3.53. The molecule has 1 nitrogen and oxygen atoms in total. The molecule has 0 aliphatic carbocycles. The first-order valence-electron chi connectivity index (χ1n) is 9.62. The molecule has 0 atom stereocenters. The summed E-state index contributed by atoms with van der Waals surface area (Å²) in [6.45, 7) is 0.839. The lowest BCUT2D eigenvalue weighted by Gasteiger charge is -2.28. The van der Waals surface area contributed by atoms with Gasteiger partial charge in [-0.15, -0.1) is 0 Å². The van der Waals surface area contributed by atoms with E-state index in [-0.39, 0.29) is 5.92 Å². The van der Waals surface area contributed by atoms with E-state index < -0.39 is 0 Å². The van der Waals surface area contributed by atoms with Crippen LogP contribution in [0.15, 0.2) is 113 Å². The quantitative estimate of drug-likeness (QED) is 0.363. The maximum Gasteiger partial charge on any atom is 0.0400 e. The Bertz CT molecular complexity index is 1040. The molecule has 4 aromatic rings. The molecule has 5 rings (SSSR count). The number of fused-ring (bicyclic) bond motifs is 2. The second-order valence-corrected chi connectivity index (χ2v) is 8.16. The molecule has 1 heterocycles. The minimum absolute atomic E-state index is 0.289. The predicted octanol–water partition coefficient (Wildman–Crippen LogP) is 6.94. The number of hydrogen-bond donors (Lipinski definition) is 1. The van der Waals surface area contributed by atoms with Gasteiger partial charge in [0.05, 0.1) is 0 Å². The van der Waals surface area contributed by atoms with Gasteiger partial charge in [-0.05, 0) is 46.5 Å². The summed E-state index contributed by atoms with van der Waals surface area (Å²) in [5.74, 6) is 0.289. The van der Waals surface area contributed by atoms with Crippen LogP contribution in [0, 0.1) is 0 Å². The maximum absolute atomic E-state index is 3.53. The van der Waals surface area contributed by atoms with E-state index in [0.717, 1.165) is 12.2 Å². The molecule has 136 valence electrons. The first-order chi connectivity index (χ1) is 13.9. The van der Waals surface area contributed by atoms with Gasteiger partial charge in [0.15, 0.2) is 0 Å². The van der Waals surface area contributed by atoms with E-state index in [1.165, 1.54) is 32.0 Å². The van der Waals surface area contributed by atoms with Crippen molar-refractivity contribution in [3.8, 4) is 0 Å². The molecule has 1 aliphatic heterocycles. The van der Waals surface area contributed by atoms with Crippen LogP contribution >= 0.6 is 11.8 Å². The average molecular weight is 380 g/mol. The smallest absolute Gasteiger partial charge is 0.0400 e. The topological polar surface area (TPSA) is 12.0 Å². The van der Waals surface area contributed by atoms with Gasteiger partial charge < -0.3 is 5.32 Å². The maximum atomic E-state index is 3.53. The lowest BCUT2D eigenvalue weighted by molar-refractivity contribution is 0.902. The fourth-order valence-electron chi connectivity index (χ4n) is 3.86. The summed E-state index contributed by atoms with van der Waals surface area (Å²) in [6.07, 6.45) is 0. The molecule has 2 heteroatoms. The number of anilines is 1. The second-order valence-electron chi connectivity index (χ2n) is 7.07. The van der Waals surface area contributed by atoms with Gasteiger partial charge in [-0.3, -0.25) is 0 Å². The van der Waals surface area contributed by atoms with E-state index >= 15 is 0 Å². The highest BCUT2D eigenvalue weighted by Gasteiger charge is 2.26. The molecule has 1 aliphatic rings. The fourth-order valence-corrected chi connectivity index (χ4v) is 5.00. The minimum Gasteiger partial charge on any atom is -0.381 e. The fraction of sp³-hybridized carbons (Fsp3) is 0.0769. The van der Waals surface area contributed by atoms with Gasteiger partial charge in [-0.25, -0.2) is 0 Å². The van der Waals surface area contributed by atoms with Crippen molar-refractivity contribution in [2.45, 2.75) is 22.3 Å². The highest BCUT2D eigenvalue weighted by molar-refractivity contribution is 7.99. The van der Waals surface area contributed by atoms with Crippen LogP contribution in [0.5, 0.6) is 0 Å². The number of benzene rings is 4. The third-order valence-electron chi connectivity index (χ3n) is 5.26. The van der Waals surface area contributed by atoms with Crippen LogP contribution in [-0.2, 0) is 6.54 Å². The third kappa shape index (κ3) is 3.32.